The van der Waals surface area contributed by atoms with Crippen molar-refractivity contribution < 1.29 is 9.53 Å². The molecule has 0 aliphatic carbocycles. The summed E-state index contributed by atoms with van der Waals surface area (Å²) in [5, 5.41) is 3.06. The molecule has 0 fully saturated rings. The van der Waals surface area contributed by atoms with E-state index in [1.54, 1.807) is 6.07 Å². The normalized spacial score (nSPS) is 11.9. The van der Waals surface area contributed by atoms with Crippen molar-refractivity contribution in [3.05, 3.63) is 64.2 Å². The Labute approximate surface area is 138 Å². The number of carbonyl (C=O) groups is 1. The molecule has 2 aromatic carbocycles. The predicted octanol–water partition coefficient (Wildman–Crippen LogP) is 4.50. The first-order valence-electron chi connectivity index (χ1n) is 8.03. The molecule has 0 saturated carbocycles. The molecule has 23 heavy (non-hydrogen) atoms. The lowest BCUT2D eigenvalue weighted by Crippen LogP contribution is -2.26. The zero-order valence-electron chi connectivity index (χ0n) is 14.6. The van der Waals surface area contributed by atoms with Gasteiger partial charge in [-0.1, -0.05) is 18.2 Å². The molecule has 2 rings (SSSR count). The molecule has 1 unspecified atom stereocenters. The molecule has 0 aliphatic heterocycles. The van der Waals surface area contributed by atoms with Crippen LogP contribution in [0.2, 0.25) is 0 Å². The second-order valence-corrected chi connectivity index (χ2v) is 5.95. The van der Waals surface area contributed by atoms with Gasteiger partial charge in [-0.05, 0) is 75.1 Å². The quantitative estimate of drug-likeness (QED) is 0.883. The van der Waals surface area contributed by atoms with E-state index in [9.17, 15) is 4.79 Å². The Morgan fingerprint density at radius 2 is 1.78 bits per heavy atom. The van der Waals surface area contributed by atoms with Crippen molar-refractivity contribution in [2.24, 2.45) is 0 Å². The Hall–Kier alpha value is -2.29. The van der Waals surface area contributed by atoms with Crippen molar-refractivity contribution in [1.82, 2.24) is 5.32 Å². The lowest BCUT2D eigenvalue weighted by Gasteiger charge is -2.16. The number of hydrogen-bond donors (Lipinski definition) is 1. The van der Waals surface area contributed by atoms with Crippen molar-refractivity contribution >= 4 is 5.91 Å². The molecule has 0 saturated heterocycles. The smallest absolute Gasteiger partial charge is 0.251 e. The first-order chi connectivity index (χ1) is 10.9. The maximum absolute atomic E-state index is 12.4. The van der Waals surface area contributed by atoms with E-state index in [0.717, 1.165) is 16.9 Å². The summed E-state index contributed by atoms with van der Waals surface area (Å²) in [5.74, 6) is 0.758. The molecule has 0 aliphatic rings. The van der Waals surface area contributed by atoms with E-state index >= 15 is 0 Å². The van der Waals surface area contributed by atoms with Crippen LogP contribution < -0.4 is 10.1 Å². The number of rotatable bonds is 5. The summed E-state index contributed by atoms with van der Waals surface area (Å²) in [4.78, 5) is 12.4. The minimum absolute atomic E-state index is 0.0336. The van der Waals surface area contributed by atoms with Crippen molar-refractivity contribution in [3.63, 3.8) is 0 Å². The van der Waals surface area contributed by atoms with Crippen molar-refractivity contribution in [2.45, 2.75) is 40.7 Å². The summed E-state index contributed by atoms with van der Waals surface area (Å²) in [6.07, 6.45) is 0. The Morgan fingerprint density at radius 3 is 2.39 bits per heavy atom. The lowest BCUT2D eigenvalue weighted by atomic mass is 10.0. The Balaban J connectivity index is 2.11. The molecule has 1 atom stereocenters. The third-order valence-corrected chi connectivity index (χ3v) is 4.12. The van der Waals surface area contributed by atoms with Gasteiger partial charge < -0.3 is 10.1 Å². The van der Waals surface area contributed by atoms with Crippen LogP contribution in [0.25, 0.3) is 0 Å². The number of aryl methyl sites for hydroxylation is 3. The van der Waals surface area contributed by atoms with Crippen LogP contribution in [0, 0.1) is 20.8 Å². The van der Waals surface area contributed by atoms with Crippen LogP contribution in [0.1, 0.15) is 52.5 Å². The molecule has 3 heteroatoms. The van der Waals surface area contributed by atoms with E-state index in [1.807, 2.05) is 32.9 Å². The van der Waals surface area contributed by atoms with Crippen LogP contribution in [-0.4, -0.2) is 12.5 Å². The second-order valence-electron chi connectivity index (χ2n) is 5.95. The van der Waals surface area contributed by atoms with Crippen LogP contribution in [0.3, 0.4) is 0 Å². The topological polar surface area (TPSA) is 38.3 Å². The van der Waals surface area contributed by atoms with Gasteiger partial charge in [0.25, 0.3) is 5.91 Å². The highest BCUT2D eigenvalue weighted by Crippen LogP contribution is 2.21. The van der Waals surface area contributed by atoms with Gasteiger partial charge in [0.2, 0.25) is 0 Å². The average Bonchev–Trinajstić information content (AvgIpc) is 2.52. The van der Waals surface area contributed by atoms with Crippen molar-refractivity contribution in [2.75, 3.05) is 6.61 Å². The van der Waals surface area contributed by atoms with E-state index in [2.05, 4.69) is 37.4 Å². The Morgan fingerprint density at radius 1 is 1.04 bits per heavy atom. The van der Waals surface area contributed by atoms with Gasteiger partial charge in [-0.25, -0.2) is 0 Å². The molecule has 0 radical (unpaired) electrons. The summed E-state index contributed by atoms with van der Waals surface area (Å²) >= 11 is 0. The zero-order valence-corrected chi connectivity index (χ0v) is 14.6. The minimum atomic E-state index is -0.0677. The molecule has 0 aromatic heterocycles. The SMILES string of the molecule is CCOc1ccc(C(=O)NC(C)c2ccc(C)c(C)c2)cc1C. The molecule has 0 bridgehead atoms. The molecule has 1 amide bonds. The summed E-state index contributed by atoms with van der Waals surface area (Å²) in [6, 6.07) is 11.8. The number of hydrogen-bond acceptors (Lipinski definition) is 2. The third kappa shape index (κ3) is 4.13. The van der Waals surface area contributed by atoms with Gasteiger partial charge >= 0.3 is 0 Å². The van der Waals surface area contributed by atoms with Crippen LogP contribution in [0.4, 0.5) is 0 Å². The summed E-state index contributed by atoms with van der Waals surface area (Å²) < 4.78 is 5.51. The third-order valence-electron chi connectivity index (χ3n) is 4.12. The standard InChI is InChI=1S/C20H25NO2/c1-6-23-19-10-9-18(12-15(19)4)20(22)21-16(5)17-8-7-13(2)14(3)11-17/h7-12,16H,6H2,1-5H3,(H,21,22). The maximum atomic E-state index is 12.4. The van der Waals surface area contributed by atoms with Crippen LogP contribution in [-0.2, 0) is 0 Å². The van der Waals surface area contributed by atoms with Gasteiger partial charge in [-0.2, -0.15) is 0 Å². The molecule has 3 nitrogen and oxygen atoms in total. The van der Waals surface area contributed by atoms with Crippen LogP contribution >= 0.6 is 0 Å². The van der Waals surface area contributed by atoms with Crippen LogP contribution in [0.15, 0.2) is 36.4 Å². The van der Waals surface area contributed by atoms with E-state index in [0.29, 0.717) is 12.2 Å². The van der Waals surface area contributed by atoms with E-state index < -0.39 is 0 Å². The molecule has 122 valence electrons. The molecule has 0 spiro atoms. The fourth-order valence-electron chi connectivity index (χ4n) is 2.51. The second kappa shape index (κ2) is 7.32. The first-order valence-corrected chi connectivity index (χ1v) is 8.03. The van der Waals surface area contributed by atoms with Gasteiger partial charge in [0.15, 0.2) is 0 Å². The number of carbonyl (C=O) groups excluding carboxylic acids is 1. The minimum Gasteiger partial charge on any atom is -0.494 e. The summed E-state index contributed by atoms with van der Waals surface area (Å²) in [5.41, 5.74) is 5.24. The highest BCUT2D eigenvalue weighted by Gasteiger charge is 2.13. The number of nitrogens with one attached hydrogen (secondary N) is 1. The predicted molar refractivity (Wildman–Crippen MR) is 94.1 cm³/mol. The van der Waals surface area contributed by atoms with Crippen LogP contribution in [0.5, 0.6) is 5.75 Å². The van der Waals surface area contributed by atoms with Gasteiger partial charge in [0.1, 0.15) is 5.75 Å². The number of amides is 1. The summed E-state index contributed by atoms with van der Waals surface area (Å²) in [7, 11) is 0. The van der Waals surface area contributed by atoms with Gasteiger partial charge in [-0.3, -0.25) is 4.79 Å². The van der Waals surface area contributed by atoms with Gasteiger partial charge in [0.05, 0.1) is 12.6 Å². The Bertz CT molecular complexity index is 707. The highest BCUT2D eigenvalue weighted by molar-refractivity contribution is 5.94. The van der Waals surface area contributed by atoms with E-state index in [4.69, 9.17) is 4.74 Å². The van der Waals surface area contributed by atoms with Gasteiger partial charge in [0, 0.05) is 5.56 Å². The molecular weight excluding hydrogens is 286 g/mol. The number of benzene rings is 2. The van der Waals surface area contributed by atoms with E-state index in [-0.39, 0.29) is 11.9 Å². The fourth-order valence-corrected chi connectivity index (χ4v) is 2.51. The molecular formula is C20H25NO2. The first kappa shape index (κ1) is 17.1. The molecule has 0 heterocycles. The lowest BCUT2D eigenvalue weighted by molar-refractivity contribution is 0.0939. The molecule has 2 aromatic rings. The maximum Gasteiger partial charge on any atom is 0.251 e. The largest absolute Gasteiger partial charge is 0.494 e. The zero-order chi connectivity index (χ0) is 17.0. The van der Waals surface area contributed by atoms with Crippen molar-refractivity contribution in [3.8, 4) is 5.75 Å². The van der Waals surface area contributed by atoms with Crippen molar-refractivity contribution in [1.29, 1.82) is 0 Å². The summed E-state index contributed by atoms with van der Waals surface area (Å²) in [6.45, 7) is 10.7. The average molecular weight is 311 g/mol. The Kier molecular flexibility index (Phi) is 5.43. The van der Waals surface area contributed by atoms with Gasteiger partial charge in [-0.15, -0.1) is 0 Å². The monoisotopic (exact) mass is 311 g/mol. The number of ether oxygens (including phenoxy) is 1. The molecule has 1 N–H and O–H groups in total. The van der Waals surface area contributed by atoms with E-state index in [1.165, 1.54) is 11.1 Å². The highest BCUT2D eigenvalue weighted by atomic mass is 16.5. The fraction of sp³-hybridized carbons (Fsp3) is 0.350.